The minimum absolute atomic E-state index is 0.00800. The number of amides is 1. The molecule has 2 aromatic carbocycles. The second-order valence-electron chi connectivity index (χ2n) is 3.81. The van der Waals surface area contributed by atoms with Crippen molar-refractivity contribution in [3.63, 3.8) is 0 Å². The van der Waals surface area contributed by atoms with Crippen molar-refractivity contribution in [1.29, 1.82) is 0 Å². The molecule has 0 aromatic heterocycles. The van der Waals surface area contributed by atoms with Crippen molar-refractivity contribution in [1.82, 2.24) is 5.43 Å². The van der Waals surface area contributed by atoms with Gasteiger partial charge in [-0.2, -0.15) is 5.10 Å². The van der Waals surface area contributed by atoms with E-state index in [9.17, 15) is 15.0 Å². The Morgan fingerprint density at radius 3 is 2.58 bits per heavy atom. The molecule has 0 radical (unpaired) electrons. The quantitative estimate of drug-likeness (QED) is 0.445. The lowest BCUT2D eigenvalue weighted by Gasteiger charge is -2.00. The summed E-state index contributed by atoms with van der Waals surface area (Å²) in [6.07, 6.45) is 1.26. The molecule has 96 valence electrons. The molecule has 2 aromatic rings. The summed E-state index contributed by atoms with van der Waals surface area (Å²) in [6, 6.07) is 12.7. The van der Waals surface area contributed by atoms with E-state index in [1.54, 1.807) is 24.3 Å². The Morgan fingerprint density at radius 2 is 1.84 bits per heavy atom. The van der Waals surface area contributed by atoms with Crippen LogP contribution in [0.1, 0.15) is 15.9 Å². The number of hydrogen-bond donors (Lipinski definition) is 3. The lowest BCUT2D eigenvalue weighted by molar-refractivity contribution is 0.0955. The average molecular weight is 256 g/mol. The van der Waals surface area contributed by atoms with Crippen LogP contribution in [0.4, 0.5) is 0 Å². The molecule has 0 unspecified atom stereocenters. The van der Waals surface area contributed by atoms with Gasteiger partial charge in [0.15, 0.2) is 0 Å². The number of phenols is 2. The Hall–Kier alpha value is -2.82. The molecule has 19 heavy (non-hydrogen) atoms. The van der Waals surface area contributed by atoms with E-state index in [4.69, 9.17) is 0 Å². The minimum Gasteiger partial charge on any atom is -0.508 e. The van der Waals surface area contributed by atoms with Crippen LogP contribution in [0.15, 0.2) is 53.6 Å². The van der Waals surface area contributed by atoms with Crippen molar-refractivity contribution in [3.05, 3.63) is 59.7 Å². The molecule has 5 nitrogen and oxygen atoms in total. The Bertz CT molecular complexity index is 609. The van der Waals surface area contributed by atoms with Gasteiger partial charge in [-0.05, 0) is 30.3 Å². The van der Waals surface area contributed by atoms with Crippen LogP contribution in [-0.4, -0.2) is 22.3 Å². The summed E-state index contributed by atoms with van der Waals surface area (Å²) >= 11 is 0. The van der Waals surface area contributed by atoms with Gasteiger partial charge in [0.1, 0.15) is 11.5 Å². The number of rotatable bonds is 3. The SMILES string of the molecule is O=C(N/N=C\c1cc(O)ccc1O)c1ccccc1. The minimum atomic E-state index is -0.350. The fourth-order valence-corrected chi connectivity index (χ4v) is 1.46. The van der Waals surface area contributed by atoms with Gasteiger partial charge in [-0.1, -0.05) is 18.2 Å². The third-order valence-electron chi connectivity index (χ3n) is 2.42. The summed E-state index contributed by atoms with van der Waals surface area (Å²) in [4.78, 5) is 11.7. The first kappa shape index (κ1) is 12.6. The number of hydrogen-bond acceptors (Lipinski definition) is 4. The van der Waals surface area contributed by atoms with E-state index in [2.05, 4.69) is 10.5 Å². The molecular formula is C14H12N2O3. The predicted octanol–water partition coefficient (Wildman–Crippen LogP) is 1.86. The Morgan fingerprint density at radius 1 is 1.11 bits per heavy atom. The molecule has 1 amide bonds. The number of carbonyl (C=O) groups is 1. The van der Waals surface area contributed by atoms with Gasteiger partial charge in [0, 0.05) is 11.1 Å². The van der Waals surface area contributed by atoms with Gasteiger partial charge in [-0.25, -0.2) is 5.43 Å². The maximum absolute atomic E-state index is 11.7. The summed E-state index contributed by atoms with van der Waals surface area (Å²) in [6.45, 7) is 0. The topological polar surface area (TPSA) is 81.9 Å². The van der Waals surface area contributed by atoms with Crippen LogP contribution in [-0.2, 0) is 0 Å². The molecule has 0 bridgehead atoms. The van der Waals surface area contributed by atoms with Gasteiger partial charge in [0.2, 0.25) is 0 Å². The highest BCUT2D eigenvalue weighted by Gasteiger charge is 2.02. The van der Waals surface area contributed by atoms with Crippen molar-refractivity contribution in [2.24, 2.45) is 5.10 Å². The van der Waals surface area contributed by atoms with Crippen LogP contribution in [0.2, 0.25) is 0 Å². The van der Waals surface area contributed by atoms with Gasteiger partial charge in [-0.15, -0.1) is 0 Å². The second-order valence-corrected chi connectivity index (χ2v) is 3.81. The lowest BCUT2D eigenvalue weighted by atomic mass is 10.2. The first-order valence-electron chi connectivity index (χ1n) is 5.57. The van der Waals surface area contributed by atoms with Crippen LogP contribution >= 0.6 is 0 Å². The third-order valence-corrected chi connectivity index (χ3v) is 2.42. The molecule has 0 saturated carbocycles. The Labute approximate surface area is 109 Å². The lowest BCUT2D eigenvalue weighted by Crippen LogP contribution is -2.17. The highest BCUT2D eigenvalue weighted by atomic mass is 16.3. The molecule has 5 heteroatoms. The third kappa shape index (κ3) is 3.32. The smallest absolute Gasteiger partial charge is 0.271 e. The molecule has 0 spiro atoms. The maximum atomic E-state index is 11.7. The van der Waals surface area contributed by atoms with Crippen molar-refractivity contribution in [2.75, 3.05) is 0 Å². The molecule has 2 rings (SSSR count). The monoisotopic (exact) mass is 256 g/mol. The van der Waals surface area contributed by atoms with Crippen LogP contribution in [0, 0.1) is 0 Å². The van der Waals surface area contributed by atoms with E-state index >= 15 is 0 Å². The first-order valence-corrected chi connectivity index (χ1v) is 5.57. The maximum Gasteiger partial charge on any atom is 0.271 e. The number of benzene rings is 2. The normalized spacial score (nSPS) is 10.5. The molecule has 0 atom stereocenters. The summed E-state index contributed by atoms with van der Waals surface area (Å²) in [5, 5.41) is 22.5. The Kier molecular flexibility index (Phi) is 3.78. The van der Waals surface area contributed by atoms with Crippen LogP contribution in [0.25, 0.3) is 0 Å². The molecule has 0 saturated heterocycles. The number of carbonyl (C=O) groups excluding carboxylic acids is 1. The molecule has 3 N–H and O–H groups in total. The van der Waals surface area contributed by atoms with Crippen LogP contribution < -0.4 is 5.43 Å². The van der Waals surface area contributed by atoms with Crippen molar-refractivity contribution >= 4 is 12.1 Å². The fourth-order valence-electron chi connectivity index (χ4n) is 1.46. The summed E-state index contributed by atoms with van der Waals surface area (Å²) in [5.41, 5.74) is 3.13. The number of nitrogens with zero attached hydrogens (tertiary/aromatic N) is 1. The predicted molar refractivity (Wildman–Crippen MR) is 71.3 cm³/mol. The zero-order chi connectivity index (χ0) is 13.7. The molecule has 0 fully saturated rings. The van der Waals surface area contributed by atoms with E-state index in [0.29, 0.717) is 11.1 Å². The van der Waals surface area contributed by atoms with Gasteiger partial charge in [0.25, 0.3) is 5.91 Å². The van der Waals surface area contributed by atoms with Crippen LogP contribution in [0.3, 0.4) is 0 Å². The molecule has 0 aliphatic heterocycles. The van der Waals surface area contributed by atoms with Gasteiger partial charge < -0.3 is 10.2 Å². The van der Waals surface area contributed by atoms with Gasteiger partial charge >= 0.3 is 0 Å². The molecule has 0 aliphatic carbocycles. The zero-order valence-corrected chi connectivity index (χ0v) is 9.95. The van der Waals surface area contributed by atoms with Crippen molar-refractivity contribution in [3.8, 4) is 11.5 Å². The van der Waals surface area contributed by atoms with Crippen molar-refractivity contribution < 1.29 is 15.0 Å². The van der Waals surface area contributed by atoms with E-state index in [-0.39, 0.29) is 17.4 Å². The van der Waals surface area contributed by atoms with Crippen LogP contribution in [0.5, 0.6) is 11.5 Å². The van der Waals surface area contributed by atoms with E-state index in [1.807, 2.05) is 6.07 Å². The Balaban J connectivity index is 2.04. The number of nitrogens with one attached hydrogen (secondary N) is 1. The van der Waals surface area contributed by atoms with Crippen molar-refractivity contribution in [2.45, 2.75) is 0 Å². The summed E-state index contributed by atoms with van der Waals surface area (Å²) in [5.74, 6) is -0.374. The molecule has 0 aliphatic rings. The standard InChI is InChI=1S/C14H12N2O3/c17-12-6-7-13(18)11(8-12)9-15-16-14(19)10-4-2-1-3-5-10/h1-9,17-18H,(H,16,19)/b15-9-. The van der Waals surface area contributed by atoms with E-state index in [1.165, 1.54) is 24.4 Å². The highest BCUT2D eigenvalue weighted by molar-refractivity contribution is 5.95. The molecular weight excluding hydrogens is 244 g/mol. The van der Waals surface area contributed by atoms with E-state index in [0.717, 1.165) is 0 Å². The van der Waals surface area contributed by atoms with Gasteiger partial charge in [0.05, 0.1) is 6.21 Å². The summed E-state index contributed by atoms with van der Waals surface area (Å²) < 4.78 is 0. The van der Waals surface area contributed by atoms with Gasteiger partial charge in [-0.3, -0.25) is 4.79 Å². The first-order chi connectivity index (χ1) is 9.16. The number of phenolic OH excluding ortho intramolecular Hbond substituents is 2. The summed E-state index contributed by atoms with van der Waals surface area (Å²) in [7, 11) is 0. The zero-order valence-electron chi connectivity index (χ0n) is 9.95. The molecule has 0 heterocycles. The fraction of sp³-hybridized carbons (Fsp3) is 0. The second kappa shape index (κ2) is 5.68. The number of hydrazone groups is 1. The average Bonchev–Trinajstić information content (AvgIpc) is 2.43. The largest absolute Gasteiger partial charge is 0.508 e. The highest BCUT2D eigenvalue weighted by Crippen LogP contribution is 2.19. The number of aromatic hydroxyl groups is 2. The van der Waals surface area contributed by atoms with E-state index < -0.39 is 0 Å².